The second-order valence-corrected chi connectivity index (χ2v) is 14.7. The first-order chi connectivity index (χ1) is 20.7. The largest absolute Gasteiger partial charge is 0.444 e. The lowest BCUT2D eigenvalue weighted by Gasteiger charge is -2.49. The van der Waals surface area contributed by atoms with Gasteiger partial charge in [0.15, 0.2) is 0 Å². The molecule has 0 amide bonds. The number of hydrogen-bond donors (Lipinski definition) is 1. The molecule has 2 aromatic rings. The van der Waals surface area contributed by atoms with E-state index in [-0.39, 0.29) is 0 Å². The van der Waals surface area contributed by atoms with Gasteiger partial charge in [0.2, 0.25) is 0 Å². The molecule has 2 aromatic carbocycles. The second-order valence-electron chi connectivity index (χ2n) is 13.2. The van der Waals surface area contributed by atoms with E-state index in [9.17, 15) is 35.2 Å². The SMILES string of the molecule is CC1C2c3cc(C4CCCCC4)ccc3C(c3cc(C4CCCCC4)ccc32)C1C(=O)OC(C(F)(F)F)C(F)(F)S(=O)(=O)O. The maximum Gasteiger partial charge on any atom is 0.432 e. The van der Waals surface area contributed by atoms with Crippen LogP contribution in [0.15, 0.2) is 36.4 Å². The lowest BCUT2D eigenvalue weighted by atomic mass is 9.54. The van der Waals surface area contributed by atoms with Gasteiger partial charge in [-0.1, -0.05) is 81.8 Å². The number of ether oxygens (including phenoxy) is 1. The molecule has 0 aliphatic heterocycles. The lowest BCUT2D eigenvalue weighted by Crippen LogP contribution is -2.54. The first-order valence-corrected chi connectivity index (χ1v) is 17.0. The van der Waals surface area contributed by atoms with E-state index >= 15 is 0 Å². The molecular weight excluding hydrogens is 603 g/mol. The molecule has 5 atom stereocenters. The molecule has 0 heterocycles. The van der Waals surface area contributed by atoms with Crippen molar-refractivity contribution >= 4 is 16.1 Å². The average molecular weight is 641 g/mol. The van der Waals surface area contributed by atoms with Crippen molar-refractivity contribution in [3.63, 3.8) is 0 Å². The van der Waals surface area contributed by atoms with Crippen LogP contribution in [-0.2, 0) is 19.6 Å². The maximum absolute atomic E-state index is 14.4. The quantitative estimate of drug-likeness (QED) is 0.194. The summed E-state index contributed by atoms with van der Waals surface area (Å²) >= 11 is 0. The summed E-state index contributed by atoms with van der Waals surface area (Å²) in [4.78, 5) is 13.6. The van der Waals surface area contributed by atoms with Gasteiger partial charge in [-0.2, -0.15) is 30.4 Å². The van der Waals surface area contributed by atoms with Gasteiger partial charge < -0.3 is 4.74 Å². The number of fused-ring (bicyclic) bond motifs is 1. The van der Waals surface area contributed by atoms with Crippen molar-refractivity contribution in [3.8, 4) is 0 Å². The van der Waals surface area contributed by atoms with Crippen LogP contribution < -0.4 is 0 Å². The van der Waals surface area contributed by atoms with Gasteiger partial charge >= 0.3 is 27.5 Å². The van der Waals surface area contributed by atoms with Crippen LogP contribution in [0.4, 0.5) is 22.0 Å². The van der Waals surface area contributed by atoms with Crippen LogP contribution in [0.5, 0.6) is 0 Å². The Labute approximate surface area is 254 Å². The maximum atomic E-state index is 14.4. The molecule has 0 aromatic heterocycles. The summed E-state index contributed by atoms with van der Waals surface area (Å²) in [7, 11) is -6.55. The summed E-state index contributed by atoms with van der Waals surface area (Å²) < 4.78 is 106. The Hall–Kier alpha value is -2.53. The molecule has 5 aliphatic carbocycles. The third-order valence-corrected chi connectivity index (χ3v) is 11.5. The molecule has 2 fully saturated rings. The van der Waals surface area contributed by atoms with E-state index < -0.39 is 57.3 Å². The van der Waals surface area contributed by atoms with Gasteiger partial charge in [-0.3, -0.25) is 9.35 Å². The van der Waals surface area contributed by atoms with E-state index in [2.05, 4.69) is 22.9 Å². The third kappa shape index (κ3) is 5.35. The number of alkyl halides is 5. The molecule has 0 spiro atoms. The van der Waals surface area contributed by atoms with Gasteiger partial charge in [0.25, 0.3) is 6.10 Å². The van der Waals surface area contributed by atoms with Crippen molar-refractivity contribution in [2.24, 2.45) is 11.8 Å². The topological polar surface area (TPSA) is 80.7 Å². The first kappa shape index (κ1) is 31.5. The zero-order valence-electron chi connectivity index (χ0n) is 24.5. The monoisotopic (exact) mass is 640 g/mol. The number of hydrogen-bond acceptors (Lipinski definition) is 4. The fourth-order valence-electron chi connectivity index (χ4n) is 8.48. The van der Waals surface area contributed by atoms with Crippen LogP contribution in [0.25, 0.3) is 0 Å². The minimum Gasteiger partial charge on any atom is -0.444 e. The highest BCUT2D eigenvalue weighted by Gasteiger charge is 2.67. The zero-order valence-corrected chi connectivity index (χ0v) is 25.3. The molecule has 11 heteroatoms. The summed E-state index contributed by atoms with van der Waals surface area (Å²) in [5, 5.41) is -5.78. The molecule has 0 saturated heterocycles. The first-order valence-electron chi connectivity index (χ1n) is 15.6. The summed E-state index contributed by atoms with van der Waals surface area (Å²) in [6.45, 7) is 1.71. The molecule has 1 N–H and O–H groups in total. The van der Waals surface area contributed by atoms with E-state index in [0.717, 1.165) is 85.6 Å². The van der Waals surface area contributed by atoms with Crippen LogP contribution >= 0.6 is 0 Å². The van der Waals surface area contributed by atoms with Gasteiger partial charge in [0.1, 0.15) is 0 Å². The van der Waals surface area contributed by atoms with Crippen LogP contribution in [0.2, 0.25) is 0 Å². The Morgan fingerprint density at radius 3 is 1.68 bits per heavy atom. The predicted molar refractivity (Wildman–Crippen MR) is 153 cm³/mol. The summed E-state index contributed by atoms with van der Waals surface area (Å²) in [6, 6.07) is 12.3. The smallest absolute Gasteiger partial charge is 0.432 e. The van der Waals surface area contributed by atoms with Crippen molar-refractivity contribution in [2.45, 2.75) is 112 Å². The summed E-state index contributed by atoms with van der Waals surface area (Å²) in [5.41, 5.74) is 5.77. The average Bonchev–Trinajstić information content (AvgIpc) is 2.99. The van der Waals surface area contributed by atoms with Gasteiger partial charge in [-0.05, 0) is 76.8 Å². The molecule has 44 heavy (non-hydrogen) atoms. The highest BCUT2D eigenvalue weighted by atomic mass is 32.2. The molecule has 0 radical (unpaired) electrons. The number of rotatable bonds is 6. The molecule has 5 unspecified atom stereocenters. The van der Waals surface area contributed by atoms with Crippen molar-refractivity contribution < 1.29 is 44.5 Å². The number of halogens is 5. The van der Waals surface area contributed by atoms with Gasteiger partial charge in [0, 0.05) is 11.8 Å². The molecule has 5 aliphatic rings. The lowest BCUT2D eigenvalue weighted by molar-refractivity contribution is -0.261. The molecule has 2 bridgehead atoms. The highest BCUT2D eigenvalue weighted by molar-refractivity contribution is 7.86. The Bertz CT molecular complexity index is 1530. The highest BCUT2D eigenvalue weighted by Crippen LogP contribution is 2.60. The van der Waals surface area contributed by atoms with Crippen molar-refractivity contribution in [1.29, 1.82) is 0 Å². The van der Waals surface area contributed by atoms with Crippen molar-refractivity contribution in [3.05, 3.63) is 69.8 Å². The van der Waals surface area contributed by atoms with Gasteiger partial charge in [-0.25, -0.2) is 0 Å². The Morgan fingerprint density at radius 2 is 1.23 bits per heavy atom. The Kier molecular flexibility index (Phi) is 8.13. The fraction of sp³-hybridized carbons (Fsp3) is 0.606. The van der Waals surface area contributed by atoms with E-state index in [1.54, 1.807) is 6.92 Å². The van der Waals surface area contributed by atoms with Crippen LogP contribution in [0, 0.1) is 11.8 Å². The van der Waals surface area contributed by atoms with E-state index in [4.69, 9.17) is 4.55 Å². The van der Waals surface area contributed by atoms with Gasteiger partial charge in [0.05, 0.1) is 5.92 Å². The zero-order chi connectivity index (χ0) is 31.6. The Morgan fingerprint density at radius 1 is 0.773 bits per heavy atom. The minimum atomic E-state index is -6.55. The number of carbonyl (C=O) groups is 1. The number of benzene rings is 2. The molecule has 2 saturated carbocycles. The fourth-order valence-corrected chi connectivity index (χ4v) is 8.93. The van der Waals surface area contributed by atoms with Crippen LogP contribution in [0.3, 0.4) is 0 Å². The van der Waals surface area contributed by atoms with Crippen molar-refractivity contribution in [2.75, 3.05) is 0 Å². The normalized spacial score (nSPS) is 27.0. The second kappa shape index (κ2) is 11.4. The molecule has 5 nitrogen and oxygen atoms in total. The van der Waals surface area contributed by atoms with Crippen LogP contribution in [0.1, 0.15) is 128 Å². The summed E-state index contributed by atoms with van der Waals surface area (Å²) in [5.74, 6) is -3.90. The molecule has 240 valence electrons. The predicted octanol–water partition coefficient (Wildman–Crippen LogP) is 8.58. The number of esters is 1. The summed E-state index contributed by atoms with van der Waals surface area (Å²) in [6.07, 6.45) is 0.652. The van der Waals surface area contributed by atoms with Crippen LogP contribution in [-0.4, -0.2) is 36.5 Å². The minimum absolute atomic E-state index is 0.313. The standard InChI is InChI=1S/C33H37F5O5S/c1-18-27-23-14-12-22(20-10-6-3-7-11-20)17-26(23)29(24-15-13-21(16-25(24)27)19-8-4-2-5-9-19)28(18)30(39)43-31(32(34,35)36)33(37,38)44(40,41)42/h12-20,27-29,31H,2-11H2,1H3,(H,40,41,42). The number of carbonyl (C=O) groups excluding carboxylic acids is 1. The molecular formula is C33H37F5O5S. The van der Waals surface area contributed by atoms with E-state index in [1.807, 2.05) is 18.2 Å². The van der Waals surface area contributed by atoms with Crippen molar-refractivity contribution in [1.82, 2.24) is 0 Å². The van der Waals surface area contributed by atoms with E-state index in [1.165, 1.54) is 12.0 Å². The van der Waals surface area contributed by atoms with E-state index in [0.29, 0.717) is 11.8 Å². The third-order valence-electron chi connectivity index (χ3n) is 10.6. The Balaban J connectivity index is 1.43. The van der Waals surface area contributed by atoms with Gasteiger partial charge in [-0.15, -0.1) is 0 Å². The molecule has 7 rings (SSSR count).